The van der Waals surface area contributed by atoms with Crippen molar-refractivity contribution in [3.05, 3.63) is 101 Å². The Morgan fingerprint density at radius 3 is 2.10 bits per heavy atom. The summed E-state index contributed by atoms with van der Waals surface area (Å²) < 4.78 is 26.1. The Balaban J connectivity index is 1.76. The third-order valence-electron chi connectivity index (χ3n) is 4.91. The van der Waals surface area contributed by atoms with E-state index in [1.54, 1.807) is 24.3 Å². The molecule has 0 bridgehead atoms. The summed E-state index contributed by atoms with van der Waals surface area (Å²) in [6, 6.07) is 24.0. The predicted molar refractivity (Wildman–Crippen MR) is 121 cm³/mol. The highest BCUT2D eigenvalue weighted by Gasteiger charge is 2.19. The van der Waals surface area contributed by atoms with Gasteiger partial charge >= 0.3 is 0 Å². The molecule has 0 spiro atoms. The molecule has 0 aliphatic carbocycles. The first-order valence-corrected chi connectivity index (χ1v) is 11.6. The Morgan fingerprint density at radius 1 is 0.933 bits per heavy atom. The van der Waals surface area contributed by atoms with E-state index in [2.05, 4.69) is 5.32 Å². The first-order chi connectivity index (χ1) is 14.2. The average molecular weight is 423 g/mol. The molecule has 5 nitrogen and oxygen atoms in total. The van der Waals surface area contributed by atoms with E-state index in [0.29, 0.717) is 11.3 Å². The molecule has 0 aliphatic heterocycles. The summed E-state index contributed by atoms with van der Waals surface area (Å²) in [4.78, 5) is 12.6. The number of amides is 1. The molecule has 0 fully saturated rings. The number of carbonyl (C=O) groups excluding carboxylic acids is 1. The van der Waals surface area contributed by atoms with Gasteiger partial charge in [-0.25, -0.2) is 8.42 Å². The lowest BCUT2D eigenvalue weighted by atomic mass is 10.1. The topological polar surface area (TPSA) is 66.5 Å². The lowest BCUT2D eigenvalue weighted by molar-refractivity contribution is 0.0940. The zero-order valence-electron chi connectivity index (χ0n) is 17.4. The monoisotopic (exact) mass is 422 g/mol. The minimum atomic E-state index is -3.48. The van der Waals surface area contributed by atoms with Gasteiger partial charge in [0, 0.05) is 5.56 Å². The third-order valence-corrected chi connectivity index (χ3v) is 6.05. The largest absolute Gasteiger partial charge is 0.346 e. The number of nitrogens with zero attached hydrogens (tertiary/aromatic N) is 1. The van der Waals surface area contributed by atoms with Gasteiger partial charge < -0.3 is 5.32 Å². The highest BCUT2D eigenvalue weighted by Crippen LogP contribution is 2.22. The summed E-state index contributed by atoms with van der Waals surface area (Å²) in [5.74, 6) is -0.206. The van der Waals surface area contributed by atoms with Crippen LogP contribution in [0.25, 0.3) is 0 Å². The van der Waals surface area contributed by atoms with Gasteiger partial charge in [-0.1, -0.05) is 60.2 Å². The van der Waals surface area contributed by atoms with Crippen molar-refractivity contribution in [3.63, 3.8) is 0 Å². The maximum atomic E-state index is 12.6. The number of hydrogen-bond acceptors (Lipinski definition) is 3. The van der Waals surface area contributed by atoms with Crippen molar-refractivity contribution in [2.45, 2.75) is 26.4 Å². The van der Waals surface area contributed by atoms with Gasteiger partial charge in [0.15, 0.2) is 0 Å². The second kappa shape index (κ2) is 9.13. The quantitative estimate of drug-likeness (QED) is 0.612. The summed E-state index contributed by atoms with van der Waals surface area (Å²) in [5, 5.41) is 2.97. The molecule has 0 unspecified atom stereocenters. The Kier molecular flexibility index (Phi) is 6.57. The second-order valence-corrected chi connectivity index (χ2v) is 9.31. The molecule has 0 aromatic heterocycles. The van der Waals surface area contributed by atoms with Gasteiger partial charge in [0.1, 0.15) is 0 Å². The molecule has 156 valence electrons. The maximum absolute atomic E-state index is 12.6. The smallest absolute Gasteiger partial charge is 0.251 e. The van der Waals surface area contributed by atoms with Crippen molar-refractivity contribution in [2.24, 2.45) is 0 Å². The van der Waals surface area contributed by atoms with Crippen LogP contribution in [0.15, 0.2) is 78.9 Å². The molecule has 30 heavy (non-hydrogen) atoms. The van der Waals surface area contributed by atoms with Crippen molar-refractivity contribution in [3.8, 4) is 0 Å². The molecule has 6 heteroatoms. The summed E-state index contributed by atoms with van der Waals surface area (Å²) in [6.07, 6.45) is 1.18. The van der Waals surface area contributed by atoms with Gasteiger partial charge in [-0.05, 0) is 49.2 Å². The highest BCUT2D eigenvalue weighted by atomic mass is 32.2. The van der Waals surface area contributed by atoms with Crippen molar-refractivity contribution in [1.29, 1.82) is 0 Å². The number of anilines is 1. The van der Waals surface area contributed by atoms with Crippen LogP contribution >= 0.6 is 0 Å². The molecule has 3 aromatic carbocycles. The fraction of sp³-hybridized carbons (Fsp3) is 0.208. The van der Waals surface area contributed by atoms with Gasteiger partial charge in [0.25, 0.3) is 5.91 Å². The predicted octanol–water partition coefficient (Wildman–Crippen LogP) is 4.45. The van der Waals surface area contributed by atoms with Crippen molar-refractivity contribution >= 4 is 21.6 Å². The summed E-state index contributed by atoms with van der Waals surface area (Å²) in [5.41, 5.74) is 4.02. The van der Waals surface area contributed by atoms with Crippen LogP contribution in [0.3, 0.4) is 0 Å². The Morgan fingerprint density at radius 2 is 1.53 bits per heavy atom. The summed E-state index contributed by atoms with van der Waals surface area (Å²) in [6.45, 7) is 4.14. The number of benzene rings is 3. The van der Waals surface area contributed by atoms with Crippen LogP contribution in [0.2, 0.25) is 0 Å². The van der Waals surface area contributed by atoms with Gasteiger partial charge in [-0.3, -0.25) is 9.10 Å². The fourth-order valence-corrected chi connectivity index (χ4v) is 4.03. The van der Waals surface area contributed by atoms with E-state index in [1.165, 1.54) is 10.6 Å². The molecule has 3 rings (SSSR count). The first kappa shape index (κ1) is 21.6. The van der Waals surface area contributed by atoms with Gasteiger partial charge in [-0.2, -0.15) is 0 Å². The molecule has 0 aliphatic rings. The van der Waals surface area contributed by atoms with Crippen molar-refractivity contribution in [2.75, 3.05) is 10.6 Å². The maximum Gasteiger partial charge on any atom is 0.251 e. The number of nitrogens with one attached hydrogen (secondary N) is 1. The van der Waals surface area contributed by atoms with Gasteiger partial charge in [-0.15, -0.1) is 0 Å². The molecule has 0 saturated carbocycles. The van der Waals surface area contributed by atoms with Crippen LogP contribution in [0, 0.1) is 6.92 Å². The molecule has 3 aromatic rings. The van der Waals surface area contributed by atoms with E-state index in [0.717, 1.165) is 16.7 Å². The van der Waals surface area contributed by atoms with Crippen molar-refractivity contribution in [1.82, 2.24) is 5.32 Å². The number of hydrogen-bond donors (Lipinski definition) is 1. The van der Waals surface area contributed by atoms with E-state index in [9.17, 15) is 13.2 Å². The zero-order chi connectivity index (χ0) is 21.7. The number of aryl methyl sites for hydroxylation is 1. The lowest BCUT2D eigenvalue weighted by Gasteiger charge is -2.23. The molecule has 0 saturated heterocycles. The zero-order valence-corrected chi connectivity index (χ0v) is 18.2. The van der Waals surface area contributed by atoms with Crippen LogP contribution in [-0.4, -0.2) is 20.6 Å². The number of rotatable bonds is 7. The third kappa shape index (κ3) is 5.48. The Bertz CT molecular complexity index is 1090. The van der Waals surface area contributed by atoms with Crippen LogP contribution in [-0.2, 0) is 16.6 Å². The molecular formula is C24H26N2O3S. The average Bonchev–Trinajstić information content (AvgIpc) is 2.73. The lowest BCUT2D eigenvalue weighted by Crippen LogP contribution is -2.29. The van der Waals surface area contributed by atoms with Crippen LogP contribution in [0.4, 0.5) is 5.69 Å². The minimum absolute atomic E-state index is 0.132. The molecule has 0 heterocycles. The molecular weight excluding hydrogens is 396 g/mol. The van der Waals surface area contributed by atoms with Gasteiger partial charge in [0.05, 0.1) is 24.5 Å². The standard InChI is InChI=1S/C24H26N2O3S/c1-18-9-11-20(12-10-18)17-26(30(3,28)29)23-15-13-22(14-16-23)24(27)25-19(2)21-7-5-4-6-8-21/h4-16,19H,17H2,1-3H3,(H,25,27)/t19-/m1/s1. The van der Waals surface area contributed by atoms with E-state index in [4.69, 9.17) is 0 Å². The molecule has 0 radical (unpaired) electrons. The summed E-state index contributed by atoms with van der Waals surface area (Å²) in [7, 11) is -3.48. The minimum Gasteiger partial charge on any atom is -0.346 e. The second-order valence-electron chi connectivity index (χ2n) is 7.41. The van der Waals surface area contributed by atoms with E-state index < -0.39 is 10.0 Å². The normalized spacial score (nSPS) is 12.2. The van der Waals surface area contributed by atoms with Gasteiger partial charge in [0.2, 0.25) is 10.0 Å². The number of sulfonamides is 1. The van der Waals surface area contributed by atoms with Crippen LogP contribution in [0.1, 0.15) is 40.0 Å². The van der Waals surface area contributed by atoms with Crippen LogP contribution in [0.5, 0.6) is 0 Å². The molecule has 1 amide bonds. The molecule has 1 atom stereocenters. The summed E-state index contributed by atoms with van der Waals surface area (Å²) >= 11 is 0. The van der Waals surface area contributed by atoms with Crippen LogP contribution < -0.4 is 9.62 Å². The first-order valence-electron chi connectivity index (χ1n) is 9.73. The fourth-order valence-electron chi connectivity index (χ4n) is 3.14. The Labute approximate surface area is 178 Å². The SMILES string of the molecule is Cc1ccc(CN(c2ccc(C(=O)N[C@H](C)c3ccccc3)cc2)S(C)(=O)=O)cc1. The van der Waals surface area contributed by atoms with E-state index >= 15 is 0 Å². The number of carbonyl (C=O) groups is 1. The van der Waals surface area contributed by atoms with E-state index in [1.807, 2.05) is 68.4 Å². The van der Waals surface area contributed by atoms with E-state index in [-0.39, 0.29) is 18.5 Å². The molecule has 1 N–H and O–H groups in total. The highest BCUT2D eigenvalue weighted by molar-refractivity contribution is 7.92. The van der Waals surface area contributed by atoms with Crippen molar-refractivity contribution < 1.29 is 13.2 Å². The Hall–Kier alpha value is -3.12.